The molecule has 0 aliphatic carbocycles. The number of benzene rings is 4. The third-order valence-corrected chi connectivity index (χ3v) is 9.04. The van der Waals surface area contributed by atoms with E-state index in [1.807, 2.05) is 72.2 Å². The molecule has 0 atom stereocenters. The Balaban J connectivity index is 0.00000266. The molecule has 0 unspecified atom stereocenters. The molecule has 0 fully saturated rings. The summed E-state index contributed by atoms with van der Waals surface area (Å²) in [7, 11) is 0. The number of amides is 2. The molecule has 4 aromatic rings. The molecule has 4 aromatic carbocycles. The van der Waals surface area contributed by atoms with E-state index in [-0.39, 0.29) is 17.7 Å². The predicted molar refractivity (Wildman–Crippen MR) is 218 cm³/mol. The van der Waals surface area contributed by atoms with Crippen molar-refractivity contribution < 1.29 is 19.1 Å². The molecule has 0 spiro atoms. The number of hydrogen-bond acceptors (Lipinski definition) is 4. The maximum atomic E-state index is 14.4. The summed E-state index contributed by atoms with van der Waals surface area (Å²) in [6.07, 6.45) is 0.772. The molecule has 6 nitrogen and oxygen atoms in total. The van der Waals surface area contributed by atoms with Gasteiger partial charge < -0.3 is 19.3 Å². The Labute approximate surface area is 317 Å². The first kappa shape index (κ1) is 39.1. The molecule has 6 rings (SSSR count). The van der Waals surface area contributed by atoms with Crippen LogP contribution in [0.5, 0.6) is 11.5 Å². The maximum absolute atomic E-state index is 14.4. The second-order valence-electron chi connectivity index (χ2n) is 14.8. The third kappa shape index (κ3) is 8.76. The van der Waals surface area contributed by atoms with Gasteiger partial charge >= 0.3 is 0 Å². The summed E-state index contributed by atoms with van der Waals surface area (Å²) in [6, 6.07) is 32.7. The topological polar surface area (TPSA) is 59.1 Å². The number of ether oxygens (including phenoxy) is 2. The molecule has 0 aromatic heterocycles. The Morgan fingerprint density at radius 2 is 0.792 bits per heavy atom. The van der Waals surface area contributed by atoms with Crippen LogP contribution in [0.2, 0.25) is 0 Å². The fourth-order valence-electron chi connectivity index (χ4n) is 6.63. The lowest BCUT2D eigenvalue weighted by molar-refractivity contribution is -0.124. The zero-order valence-corrected chi connectivity index (χ0v) is 33.0. The van der Waals surface area contributed by atoms with Crippen molar-refractivity contribution in [3.8, 4) is 33.8 Å². The Kier molecular flexibility index (Phi) is 13.0. The molecule has 2 aliphatic heterocycles. The van der Waals surface area contributed by atoms with Gasteiger partial charge in [0.1, 0.15) is 11.5 Å². The first-order chi connectivity index (χ1) is 25.5. The van der Waals surface area contributed by atoms with Gasteiger partial charge in [-0.15, -0.1) is 0 Å². The van der Waals surface area contributed by atoms with Crippen molar-refractivity contribution >= 4 is 23.2 Å². The van der Waals surface area contributed by atoms with Gasteiger partial charge in [-0.3, -0.25) is 9.59 Å². The molecule has 278 valence electrons. The fourth-order valence-corrected chi connectivity index (χ4v) is 6.63. The highest BCUT2D eigenvalue weighted by Crippen LogP contribution is 2.47. The summed E-state index contributed by atoms with van der Waals surface area (Å²) in [5.74, 6) is 2.62. The van der Waals surface area contributed by atoms with E-state index in [2.05, 4.69) is 97.0 Å². The number of rotatable bonds is 14. The first-order valence-corrected chi connectivity index (χ1v) is 19.4. The molecule has 2 heterocycles. The SMILES string of the molecule is CC.CCCN1C(=O)C2=C(c3ccc(-c4ccc(OCC(C)C)cc4)cc3)N(CC(C)C)C(=O)C2=C1c1ccc(-c2ccc(OCC(C)C)cc2)cc1. The van der Waals surface area contributed by atoms with Crippen molar-refractivity contribution in [3.63, 3.8) is 0 Å². The fraction of sp³-hybridized carbons (Fsp3) is 0.362. The van der Waals surface area contributed by atoms with E-state index in [4.69, 9.17) is 9.47 Å². The van der Waals surface area contributed by atoms with E-state index in [1.54, 1.807) is 0 Å². The van der Waals surface area contributed by atoms with Crippen molar-refractivity contribution in [3.05, 3.63) is 119 Å². The lowest BCUT2D eigenvalue weighted by atomic mass is 9.98. The summed E-state index contributed by atoms with van der Waals surface area (Å²) in [4.78, 5) is 32.4. The average Bonchev–Trinajstić information content (AvgIpc) is 3.60. The number of hydrogen-bond donors (Lipinski definition) is 0. The van der Waals surface area contributed by atoms with Crippen LogP contribution < -0.4 is 9.47 Å². The lowest BCUT2D eigenvalue weighted by Gasteiger charge is -2.26. The van der Waals surface area contributed by atoms with Crippen molar-refractivity contribution in [1.82, 2.24) is 9.80 Å². The van der Waals surface area contributed by atoms with Crippen LogP contribution in [-0.4, -0.2) is 47.9 Å². The van der Waals surface area contributed by atoms with Crippen molar-refractivity contribution in [2.75, 3.05) is 26.3 Å². The number of nitrogens with zero attached hydrogens (tertiary/aromatic N) is 2. The van der Waals surface area contributed by atoms with Crippen molar-refractivity contribution in [1.29, 1.82) is 0 Å². The largest absolute Gasteiger partial charge is 0.493 e. The Hall–Kier alpha value is -5.10. The first-order valence-electron chi connectivity index (χ1n) is 19.4. The van der Waals surface area contributed by atoms with Gasteiger partial charge in [-0.1, -0.05) is 135 Å². The Morgan fingerprint density at radius 1 is 0.472 bits per heavy atom. The van der Waals surface area contributed by atoms with E-state index in [9.17, 15) is 9.59 Å². The summed E-state index contributed by atoms with van der Waals surface area (Å²) < 4.78 is 11.7. The monoisotopic (exact) mass is 712 g/mol. The average molecular weight is 713 g/mol. The maximum Gasteiger partial charge on any atom is 0.261 e. The van der Waals surface area contributed by atoms with Gasteiger partial charge in [0.2, 0.25) is 0 Å². The highest BCUT2D eigenvalue weighted by Gasteiger charge is 2.48. The molecule has 0 bridgehead atoms. The molecule has 2 amide bonds. The van der Waals surface area contributed by atoms with Crippen LogP contribution in [0.4, 0.5) is 0 Å². The van der Waals surface area contributed by atoms with Crippen LogP contribution in [0.3, 0.4) is 0 Å². The molecule has 0 saturated carbocycles. The normalized spacial score (nSPS) is 14.1. The second-order valence-corrected chi connectivity index (χ2v) is 14.8. The van der Waals surface area contributed by atoms with E-state index in [0.717, 1.165) is 51.3 Å². The van der Waals surface area contributed by atoms with Crippen LogP contribution in [-0.2, 0) is 9.59 Å². The zero-order chi connectivity index (χ0) is 38.2. The van der Waals surface area contributed by atoms with Crippen LogP contribution in [0, 0.1) is 17.8 Å². The van der Waals surface area contributed by atoms with Gasteiger partial charge in [-0.2, -0.15) is 0 Å². The summed E-state index contributed by atoms with van der Waals surface area (Å²) in [5, 5.41) is 0. The molecular weight excluding hydrogens is 657 g/mol. The minimum atomic E-state index is -0.113. The highest BCUT2D eigenvalue weighted by atomic mass is 16.5. The summed E-state index contributed by atoms with van der Waals surface area (Å²) in [6.45, 7) is 21.2. The lowest BCUT2D eigenvalue weighted by Crippen LogP contribution is -2.32. The van der Waals surface area contributed by atoms with Crippen LogP contribution in [0.15, 0.2) is 108 Å². The molecule has 0 saturated heterocycles. The molecular formula is C47H56N2O4. The second kappa shape index (κ2) is 17.6. The van der Waals surface area contributed by atoms with Crippen LogP contribution in [0.1, 0.15) is 79.9 Å². The summed E-state index contributed by atoms with van der Waals surface area (Å²) >= 11 is 0. The molecule has 0 radical (unpaired) electrons. The molecule has 2 aliphatic rings. The zero-order valence-electron chi connectivity index (χ0n) is 33.0. The Bertz CT molecular complexity index is 1920. The third-order valence-electron chi connectivity index (χ3n) is 9.04. The smallest absolute Gasteiger partial charge is 0.261 e. The molecule has 0 N–H and O–H groups in total. The van der Waals surface area contributed by atoms with E-state index >= 15 is 0 Å². The van der Waals surface area contributed by atoms with Gasteiger partial charge in [0.25, 0.3) is 11.8 Å². The van der Waals surface area contributed by atoms with E-state index < -0.39 is 0 Å². The van der Waals surface area contributed by atoms with Gasteiger partial charge in [-0.05, 0) is 81.8 Å². The quantitative estimate of drug-likeness (QED) is 0.131. The van der Waals surface area contributed by atoms with Crippen molar-refractivity contribution in [2.24, 2.45) is 17.8 Å². The van der Waals surface area contributed by atoms with Gasteiger partial charge in [0, 0.05) is 13.1 Å². The van der Waals surface area contributed by atoms with Gasteiger partial charge in [0.15, 0.2) is 0 Å². The van der Waals surface area contributed by atoms with Crippen LogP contribution >= 0.6 is 0 Å². The number of carbonyl (C=O) groups excluding carboxylic acids is 2. The minimum absolute atomic E-state index is 0.112. The highest BCUT2D eigenvalue weighted by molar-refractivity contribution is 6.30. The standard InChI is InChI=1S/C45H50N2O4.C2H6/c1-8-25-46-42(36-13-9-32(10-14-36)34-17-21-38(22-18-34)50-27-30(4)5)40-41(44(46)48)43(47(45(40)49)26-29(2)3)37-15-11-33(12-16-37)35-19-23-39(24-20-35)51-28-31(6)7;1-2/h9-24,29-31H,8,25-28H2,1-7H3;1-2H3. The van der Waals surface area contributed by atoms with Gasteiger partial charge in [-0.25, -0.2) is 0 Å². The molecule has 6 heteroatoms. The van der Waals surface area contributed by atoms with E-state index in [1.165, 1.54) is 0 Å². The minimum Gasteiger partial charge on any atom is -0.493 e. The number of fused-ring (bicyclic) bond motifs is 1. The molecule has 53 heavy (non-hydrogen) atoms. The van der Waals surface area contributed by atoms with Gasteiger partial charge in [0.05, 0.1) is 35.8 Å². The summed E-state index contributed by atoms with van der Waals surface area (Å²) in [5.41, 5.74) is 8.38. The van der Waals surface area contributed by atoms with E-state index in [0.29, 0.717) is 60.7 Å². The Morgan fingerprint density at radius 3 is 1.13 bits per heavy atom. The number of carbonyl (C=O) groups is 2. The van der Waals surface area contributed by atoms with Crippen molar-refractivity contribution in [2.45, 2.75) is 68.7 Å². The van der Waals surface area contributed by atoms with Crippen LogP contribution in [0.25, 0.3) is 33.6 Å². The predicted octanol–water partition coefficient (Wildman–Crippen LogP) is 11.0.